The maximum absolute atomic E-state index is 13.7. The number of hydrogen-bond acceptors (Lipinski definition) is 6. The number of carbonyl (C=O) groups excluding carboxylic acids is 1. The van der Waals surface area contributed by atoms with Gasteiger partial charge in [-0.25, -0.2) is 22.0 Å². The second-order valence-electron chi connectivity index (χ2n) is 13.3. The Balaban J connectivity index is 1.22. The topological polar surface area (TPSA) is 79.0 Å². The van der Waals surface area contributed by atoms with Gasteiger partial charge in [0.1, 0.15) is 11.5 Å². The summed E-state index contributed by atoms with van der Waals surface area (Å²) < 4.78 is 58.3. The predicted molar refractivity (Wildman–Crippen MR) is 171 cm³/mol. The molecule has 2 aliphatic rings. The first-order chi connectivity index (χ1) is 21.4. The van der Waals surface area contributed by atoms with Crippen LogP contribution in [0, 0.1) is 11.6 Å². The largest absolute Gasteiger partial charge is 0.444 e. The third-order valence-corrected chi connectivity index (χ3v) is 10.5. The van der Waals surface area contributed by atoms with Crippen LogP contribution in [-0.2, 0) is 26.5 Å². The molecule has 0 radical (unpaired) electrons. The Morgan fingerprint density at radius 1 is 0.978 bits per heavy atom. The molecular weight excluding hydrogens is 596 g/mol. The third kappa shape index (κ3) is 8.09. The van der Waals surface area contributed by atoms with Crippen molar-refractivity contribution in [1.82, 2.24) is 15.1 Å². The van der Waals surface area contributed by atoms with E-state index in [1.807, 2.05) is 62.1 Å². The molecule has 10 heteroatoms. The minimum atomic E-state index is -3.84. The van der Waals surface area contributed by atoms with Crippen molar-refractivity contribution in [2.24, 2.45) is 0 Å². The summed E-state index contributed by atoms with van der Waals surface area (Å²) >= 11 is 0. The van der Waals surface area contributed by atoms with Gasteiger partial charge in [-0.15, -0.1) is 0 Å². The van der Waals surface area contributed by atoms with Crippen molar-refractivity contribution in [2.75, 3.05) is 38.6 Å². The fourth-order valence-corrected chi connectivity index (χ4v) is 7.66. The van der Waals surface area contributed by atoms with Gasteiger partial charge in [0, 0.05) is 25.0 Å². The molecule has 1 spiro atoms. The van der Waals surface area contributed by atoms with Gasteiger partial charge in [-0.1, -0.05) is 54.6 Å². The van der Waals surface area contributed by atoms with Crippen molar-refractivity contribution >= 4 is 15.9 Å². The standard InChI is InChI=1S/C35H43F2N3O4S/c1-34(2,3)44-33(41)40-23-28-11-7-8-12-30(28)35(24-40)16-19-39(20-17-35)18-15-27(26-9-5-4-6-10-26)22-38-25-45(42,43)29-13-14-31(36)32(37)21-29/h4-14,21,27,38H,15-20,22-25H2,1-3H3. The minimum Gasteiger partial charge on any atom is -0.444 e. The Labute approximate surface area is 265 Å². The first-order valence-electron chi connectivity index (χ1n) is 15.6. The summed E-state index contributed by atoms with van der Waals surface area (Å²) in [5.41, 5.74) is 2.93. The van der Waals surface area contributed by atoms with Crippen molar-refractivity contribution in [3.8, 4) is 0 Å². The summed E-state index contributed by atoms with van der Waals surface area (Å²) in [6, 6.07) is 21.1. The highest BCUT2D eigenvalue weighted by atomic mass is 32.2. The zero-order chi connectivity index (χ0) is 32.2. The first kappa shape index (κ1) is 33.0. The van der Waals surface area contributed by atoms with Crippen LogP contribution in [0.3, 0.4) is 0 Å². The van der Waals surface area contributed by atoms with Gasteiger partial charge in [0.25, 0.3) is 0 Å². The van der Waals surface area contributed by atoms with Crippen LogP contribution in [0.1, 0.15) is 62.6 Å². The van der Waals surface area contributed by atoms with Gasteiger partial charge in [0.05, 0.1) is 4.90 Å². The number of likely N-dealkylation sites (tertiary alicyclic amines) is 1. The molecule has 7 nitrogen and oxygen atoms in total. The van der Waals surface area contributed by atoms with E-state index >= 15 is 0 Å². The van der Waals surface area contributed by atoms with Crippen LogP contribution < -0.4 is 5.32 Å². The second-order valence-corrected chi connectivity index (χ2v) is 15.3. The molecule has 1 atom stereocenters. The number of benzene rings is 3. The molecule has 242 valence electrons. The number of sulfone groups is 1. The van der Waals surface area contributed by atoms with Gasteiger partial charge < -0.3 is 19.9 Å². The lowest BCUT2D eigenvalue weighted by atomic mass is 9.69. The van der Waals surface area contributed by atoms with Crippen LogP contribution in [0.2, 0.25) is 0 Å². The Hall–Kier alpha value is -3.34. The lowest BCUT2D eigenvalue weighted by Gasteiger charge is -2.48. The third-order valence-electron chi connectivity index (χ3n) is 8.91. The molecule has 1 saturated heterocycles. The second kappa shape index (κ2) is 13.6. The minimum absolute atomic E-state index is 0.0558. The number of ether oxygens (including phenoxy) is 1. The molecule has 1 N–H and O–H groups in total. The molecule has 0 bridgehead atoms. The maximum atomic E-state index is 13.7. The molecule has 2 aliphatic heterocycles. The fraction of sp³-hybridized carbons (Fsp3) is 0.457. The number of hydrogen-bond donors (Lipinski definition) is 1. The average Bonchev–Trinajstić information content (AvgIpc) is 3.00. The van der Waals surface area contributed by atoms with Gasteiger partial charge in [0.2, 0.25) is 0 Å². The molecular formula is C35H43F2N3O4S. The van der Waals surface area contributed by atoms with E-state index in [9.17, 15) is 22.0 Å². The molecule has 3 aromatic carbocycles. The normalized spacial score (nSPS) is 17.6. The molecule has 45 heavy (non-hydrogen) atoms. The smallest absolute Gasteiger partial charge is 0.410 e. The van der Waals surface area contributed by atoms with E-state index in [0.29, 0.717) is 19.6 Å². The van der Waals surface area contributed by atoms with Gasteiger partial charge in [-0.05, 0) is 100 Å². The van der Waals surface area contributed by atoms with E-state index in [1.165, 1.54) is 11.1 Å². The lowest BCUT2D eigenvalue weighted by molar-refractivity contribution is 0.0105. The summed E-state index contributed by atoms with van der Waals surface area (Å²) in [5, 5.41) is 3.06. The molecule has 0 saturated carbocycles. The number of rotatable bonds is 9. The fourth-order valence-electron chi connectivity index (χ4n) is 6.55. The summed E-state index contributed by atoms with van der Waals surface area (Å²) in [6.45, 7) is 9.88. The van der Waals surface area contributed by atoms with E-state index in [1.54, 1.807) is 0 Å². The van der Waals surface area contributed by atoms with Crippen LogP contribution in [0.25, 0.3) is 0 Å². The quantitative estimate of drug-likeness (QED) is 0.279. The molecule has 1 fully saturated rings. The lowest BCUT2D eigenvalue weighted by Crippen LogP contribution is -2.54. The Kier molecular flexibility index (Phi) is 9.96. The predicted octanol–water partition coefficient (Wildman–Crippen LogP) is 6.24. The Bertz CT molecular complexity index is 1590. The summed E-state index contributed by atoms with van der Waals surface area (Å²) in [7, 11) is -3.84. The van der Waals surface area contributed by atoms with E-state index < -0.39 is 27.1 Å². The van der Waals surface area contributed by atoms with Crippen LogP contribution in [-0.4, -0.2) is 68.5 Å². The number of halogens is 2. The molecule has 1 unspecified atom stereocenters. The van der Waals surface area contributed by atoms with Gasteiger partial charge in [-0.3, -0.25) is 0 Å². The van der Waals surface area contributed by atoms with Crippen molar-refractivity contribution in [3.63, 3.8) is 0 Å². The van der Waals surface area contributed by atoms with Gasteiger partial charge >= 0.3 is 6.09 Å². The number of nitrogens with zero attached hydrogens (tertiary/aromatic N) is 2. The van der Waals surface area contributed by atoms with Crippen LogP contribution in [0.15, 0.2) is 77.7 Å². The molecule has 1 amide bonds. The molecule has 0 aliphatic carbocycles. The Morgan fingerprint density at radius 3 is 2.36 bits per heavy atom. The number of piperidine rings is 1. The van der Waals surface area contributed by atoms with Crippen LogP contribution in [0.4, 0.5) is 13.6 Å². The summed E-state index contributed by atoms with van der Waals surface area (Å²) in [4.78, 5) is 17.2. The number of fused-ring (bicyclic) bond motifs is 2. The van der Waals surface area contributed by atoms with E-state index in [0.717, 1.165) is 62.7 Å². The number of nitrogens with one attached hydrogen (secondary N) is 1. The van der Waals surface area contributed by atoms with Crippen LogP contribution >= 0.6 is 0 Å². The zero-order valence-electron chi connectivity index (χ0n) is 26.3. The summed E-state index contributed by atoms with van der Waals surface area (Å²) in [5.74, 6) is -2.58. The van der Waals surface area contributed by atoms with Crippen molar-refractivity contribution in [1.29, 1.82) is 0 Å². The molecule has 0 aromatic heterocycles. The average molecular weight is 640 g/mol. The Morgan fingerprint density at radius 2 is 1.67 bits per heavy atom. The van der Waals surface area contributed by atoms with E-state index in [-0.39, 0.29) is 28.2 Å². The van der Waals surface area contributed by atoms with Crippen molar-refractivity contribution in [3.05, 3.63) is 101 Å². The molecule has 3 aromatic rings. The zero-order valence-corrected chi connectivity index (χ0v) is 27.1. The summed E-state index contributed by atoms with van der Waals surface area (Å²) in [6.07, 6.45) is 2.38. The highest BCUT2D eigenvalue weighted by Gasteiger charge is 2.43. The first-order valence-corrected chi connectivity index (χ1v) is 17.2. The highest BCUT2D eigenvalue weighted by molar-refractivity contribution is 7.91. The van der Waals surface area contributed by atoms with Crippen molar-refractivity contribution < 1.29 is 26.7 Å². The highest BCUT2D eigenvalue weighted by Crippen LogP contribution is 2.42. The van der Waals surface area contributed by atoms with Gasteiger partial charge in [0.15, 0.2) is 21.5 Å². The van der Waals surface area contributed by atoms with E-state index in [4.69, 9.17) is 4.74 Å². The van der Waals surface area contributed by atoms with Crippen LogP contribution in [0.5, 0.6) is 0 Å². The SMILES string of the molecule is CC(C)(C)OC(=O)N1Cc2ccccc2C2(CCN(CCC(CNCS(=O)(=O)c3ccc(F)c(F)c3)c3ccccc3)CC2)C1. The molecule has 2 heterocycles. The number of amides is 1. The van der Waals surface area contributed by atoms with E-state index in [2.05, 4.69) is 28.4 Å². The van der Waals surface area contributed by atoms with Crippen molar-refractivity contribution in [2.45, 2.75) is 68.4 Å². The monoisotopic (exact) mass is 639 g/mol. The maximum Gasteiger partial charge on any atom is 0.410 e. The molecule has 5 rings (SSSR count). The van der Waals surface area contributed by atoms with Gasteiger partial charge in [-0.2, -0.15) is 0 Å². The number of carbonyl (C=O) groups is 1.